The number of ketones is 2. The second-order valence-electron chi connectivity index (χ2n) is 6.47. The average molecular weight is 342 g/mol. The smallest absolute Gasteiger partial charge is 0.174 e. The third-order valence-electron chi connectivity index (χ3n) is 4.84. The molecule has 0 aromatic heterocycles. The first-order chi connectivity index (χ1) is 12.7. The molecule has 0 amide bonds. The molecule has 3 nitrogen and oxygen atoms in total. The highest BCUT2D eigenvalue weighted by atomic mass is 16.5. The van der Waals surface area contributed by atoms with Gasteiger partial charge >= 0.3 is 0 Å². The van der Waals surface area contributed by atoms with Crippen molar-refractivity contribution in [2.45, 2.75) is 12.8 Å². The lowest BCUT2D eigenvalue weighted by Gasteiger charge is -2.32. The van der Waals surface area contributed by atoms with Gasteiger partial charge in [-0.15, -0.1) is 0 Å². The Morgan fingerprint density at radius 2 is 1.27 bits per heavy atom. The normalized spacial score (nSPS) is 13.9. The first kappa shape index (κ1) is 16.3. The Kier molecular flexibility index (Phi) is 4.13. The summed E-state index contributed by atoms with van der Waals surface area (Å²) in [6.45, 7) is 1.49. The Bertz CT molecular complexity index is 930. The van der Waals surface area contributed by atoms with E-state index in [1.54, 1.807) is 12.1 Å². The number of hydrogen-bond acceptors (Lipinski definition) is 3. The molecule has 0 saturated heterocycles. The van der Waals surface area contributed by atoms with Gasteiger partial charge in [-0.05, 0) is 19.1 Å². The Balaban J connectivity index is 1.89. The third-order valence-corrected chi connectivity index (χ3v) is 4.84. The van der Waals surface area contributed by atoms with E-state index in [4.69, 9.17) is 4.74 Å². The zero-order valence-corrected chi connectivity index (χ0v) is 14.4. The Morgan fingerprint density at radius 1 is 0.769 bits per heavy atom. The van der Waals surface area contributed by atoms with Crippen molar-refractivity contribution in [3.63, 3.8) is 0 Å². The molecule has 0 bridgehead atoms. The molecule has 4 rings (SSSR count). The maximum absolute atomic E-state index is 13.2. The molecule has 0 aliphatic carbocycles. The Labute approximate surface area is 152 Å². The molecule has 3 heteroatoms. The Morgan fingerprint density at radius 3 is 1.81 bits per heavy atom. The van der Waals surface area contributed by atoms with Gasteiger partial charge in [-0.3, -0.25) is 9.59 Å². The van der Waals surface area contributed by atoms with Gasteiger partial charge in [0, 0.05) is 22.6 Å². The fraction of sp³-hybridized carbons (Fsp3) is 0.130. The second-order valence-corrected chi connectivity index (χ2v) is 6.47. The highest BCUT2D eigenvalue weighted by Gasteiger charge is 2.39. The minimum Gasteiger partial charge on any atom is -0.457 e. The van der Waals surface area contributed by atoms with E-state index in [9.17, 15) is 9.59 Å². The van der Waals surface area contributed by atoms with Crippen molar-refractivity contribution in [2.75, 3.05) is 0 Å². The zero-order chi connectivity index (χ0) is 18.1. The van der Waals surface area contributed by atoms with E-state index in [1.165, 1.54) is 6.92 Å². The first-order valence-corrected chi connectivity index (χ1v) is 8.62. The van der Waals surface area contributed by atoms with Crippen LogP contribution in [0.4, 0.5) is 0 Å². The van der Waals surface area contributed by atoms with E-state index in [-0.39, 0.29) is 17.5 Å². The topological polar surface area (TPSA) is 43.4 Å². The SMILES string of the molecule is CC(=O)[C@H](C(=O)c1ccccc1)C1c2ccccc2Oc2ccccc21. The van der Waals surface area contributed by atoms with Gasteiger partial charge in [-0.2, -0.15) is 0 Å². The van der Waals surface area contributed by atoms with Crippen LogP contribution in [0.25, 0.3) is 0 Å². The molecule has 1 aliphatic heterocycles. The van der Waals surface area contributed by atoms with E-state index in [1.807, 2.05) is 66.7 Å². The molecule has 3 aromatic carbocycles. The molecule has 128 valence electrons. The number of Topliss-reactive ketones (excluding diaryl/α,β-unsaturated/α-hetero) is 2. The molecular formula is C23H18O3. The molecule has 1 aliphatic rings. The van der Waals surface area contributed by atoms with Crippen LogP contribution in [0.5, 0.6) is 11.5 Å². The van der Waals surface area contributed by atoms with Crippen LogP contribution in [-0.4, -0.2) is 11.6 Å². The van der Waals surface area contributed by atoms with Crippen LogP contribution >= 0.6 is 0 Å². The van der Waals surface area contributed by atoms with Crippen molar-refractivity contribution in [2.24, 2.45) is 5.92 Å². The number of benzene rings is 3. The van der Waals surface area contributed by atoms with Crippen molar-refractivity contribution in [3.8, 4) is 11.5 Å². The summed E-state index contributed by atoms with van der Waals surface area (Å²) < 4.78 is 6.00. The molecule has 0 saturated carbocycles. The van der Waals surface area contributed by atoms with Crippen LogP contribution in [0, 0.1) is 5.92 Å². The van der Waals surface area contributed by atoms with Crippen LogP contribution < -0.4 is 4.74 Å². The minimum atomic E-state index is -0.788. The van der Waals surface area contributed by atoms with Gasteiger partial charge in [0.25, 0.3) is 0 Å². The van der Waals surface area contributed by atoms with Crippen molar-refractivity contribution in [1.29, 1.82) is 0 Å². The predicted molar refractivity (Wildman–Crippen MR) is 99.7 cm³/mol. The summed E-state index contributed by atoms with van der Waals surface area (Å²) in [5.74, 6) is -0.0541. The molecule has 3 aromatic rings. The summed E-state index contributed by atoms with van der Waals surface area (Å²) in [7, 11) is 0. The molecule has 0 fully saturated rings. The molecule has 26 heavy (non-hydrogen) atoms. The monoisotopic (exact) mass is 342 g/mol. The molecular weight excluding hydrogens is 324 g/mol. The molecule has 1 atom stereocenters. The Hall–Kier alpha value is -3.20. The summed E-state index contributed by atoms with van der Waals surface area (Å²) in [5, 5.41) is 0. The maximum atomic E-state index is 13.2. The molecule has 0 radical (unpaired) electrons. The van der Waals surface area contributed by atoms with E-state index in [0.717, 1.165) is 11.1 Å². The number of carbonyl (C=O) groups excluding carboxylic acids is 2. The van der Waals surface area contributed by atoms with E-state index < -0.39 is 5.92 Å². The standard InChI is InChI=1S/C23H18O3/c1-15(24)21(23(25)16-9-3-2-4-10-16)22-17-11-5-7-13-19(17)26-20-14-8-6-12-18(20)22/h2-14,21-22H,1H3/t21-/m0/s1. The fourth-order valence-electron chi connectivity index (χ4n) is 3.66. The van der Waals surface area contributed by atoms with Gasteiger partial charge in [-0.25, -0.2) is 0 Å². The molecule has 0 spiro atoms. The molecule has 0 N–H and O–H groups in total. The quantitative estimate of drug-likeness (QED) is 0.494. The highest BCUT2D eigenvalue weighted by molar-refractivity contribution is 6.11. The third kappa shape index (κ3) is 2.72. The number of hydrogen-bond donors (Lipinski definition) is 0. The van der Waals surface area contributed by atoms with Gasteiger partial charge in [0.2, 0.25) is 0 Å². The summed E-state index contributed by atoms with van der Waals surface area (Å²) in [4.78, 5) is 25.9. The zero-order valence-electron chi connectivity index (χ0n) is 14.4. The summed E-state index contributed by atoms with van der Waals surface area (Å²) in [6.07, 6.45) is 0. The van der Waals surface area contributed by atoms with Crippen molar-refractivity contribution >= 4 is 11.6 Å². The molecule has 1 heterocycles. The summed E-state index contributed by atoms with van der Waals surface area (Å²) >= 11 is 0. The van der Waals surface area contributed by atoms with Crippen LogP contribution in [0.1, 0.15) is 34.3 Å². The molecule has 0 unspecified atom stereocenters. The van der Waals surface area contributed by atoms with Crippen LogP contribution in [0.15, 0.2) is 78.9 Å². The van der Waals surface area contributed by atoms with Crippen LogP contribution in [0.3, 0.4) is 0 Å². The summed E-state index contributed by atoms with van der Waals surface area (Å²) in [6, 6.07) is 24.2. The van der Waals surface area contributed by atoms with Crippen molar-refractivity contribution < 1.29 is 14.3 Å². The lowest BCUT2D eigenvalue weighted by atomic mass is 9.74. The van der Waals surface area contributed by atoms with Crippen LogP contribution in [0.2, 0.25) is 0 Å². The number of fused-ring (bicyclic) bond motifs is 2. The van der Waals surface area contributed by atoms with Gasteiger partial charge in [0.05, 0.1) is 5.92 Å². The van der Waals surface area contributed by atoms with E-state index in [0.29, 0.717) is 17.1 Å². The first-order valence-electron chi connectivity index (χ1n) is 8.62. The number of rotatable bonds is 4. The second kappa shape index (κ2) is 6.60. The average Bonchev–Trinajstić information content (AvgIpc) is 2.68. The lowest BCUT2D eigenvalue weighted by Crippen LogP contribution is -2.31. The van der Waals surface area contributed by atoms with Crippen LogP contribution in [-0.2, 0) is 4.79 Å². The van der Waals surface area contributed by atoms with E-state index >= 15 is 0 Å². The maximum Gasteiger partial charge on any atom is 0.174 e. The van der Waals surface area contributed by atoms with E-state index in [2.05, 4.69) is 0 Å². The number of ether oxygens (including phenoxy) is 1. The summed E-state index contributed by atoms with van der Waals surface area (Å²) in [5.41, 5.74) is 2.29. The van der Waals surface area contributed by atoms with Gasteiger partial charge in [0.15, 0.2) is 5.78 Å². The van der Waals surface area contributed by atoms with Gasteiger partial charge in [0.1, 0.15) is 17.3 Å². The highest BCUT2D eigenvalue weighted by Crippen LogP contribution is 2.48. The number of para-hydroxylation sites is 2. The largest absolute Gasteiger partial charge is 0.457 e. The fourth-order valence-corrected chi connectivity index (χ4v) is 3.66. The minimum absolute atomic E-state index is 0.143. The predicted octanol–water partition coefficient (Wildman–Crippen LogP) is 5.01. The van der Waals surface area contributed by atoms with Gasteiger partial charge < -0.3 is 4.74 Å². The van der Waals surface area contributed by atoms with Crippen molar-refractivity contribution in [3.05, 3.63) is 95.6 Å². The lowest BCUT2D eigenvalue weighted by molar-refractivity contribution is -0.119. The van der Waals surface area contributed by atoms with Crippen molar-refractivity contribution in [1.82, 2.24) is 0 Å². The number of carbonyl (C=O) groups is 2. The van der Waals surface area contributed by atoms with Gasteiger partial charge in [-0.1, -0.05) is 66.7 Å².